The average Bonchev–Trinajstić information content (AvgIpc) is 3.53. The molecule has 40 heavy (non-hydrogen) atoms. The van der Waals surface area contributed by atoms with E-state index in [0.29, 0.717) is 0 Å². The Kier molecular flexibility index (Phi) is 10.3. The molecule has 0 aromatic heterocycles. The minimum Gasteiger partial charge on any atom is -0.502 e. The zero-order chi connectivity index (χ0) is 28.8. The summed E-state index contributed by atoms with van der Waals surface area (Å²) in [5, 5.41) is 5.39. The Balaban J connectivity index is 0.000000181. The van der Waals surface area contributed by atoms with Crippen molar-refractivity contribution < 1.29 is 15.7 Å². The Morgan fingerprint density at radius 3 is 1.35 bits per heavy atom. The second-order valence-electron chi connectivity index (χ2n) is 10.6. The molecule has 1 fully saturated rings. The fraction of sp³-hybridized carbons (Fsp3) is 0.250. The molecule has 1 aliphatic heterocycles. The summed E-state index contributed by atoms with van der Waals surface area (Å²) >= 11 is 0.0867. The van der Waals surface area contributed by atoms with Gasteiger partial charge in [0.2, 0.25) is 0 Å². The van der Waals surface area contributed by atoms with E-state index in [1.807, 2.05) is 11.5 Å². The summed E-state index contributed by atoms with van der Waals surface area (Å²) in [6, 6.07) is 28.4. The number of fused-ring (bicyclic) bond motifs is 3. The minimum atomic E-state index is 0.0867. The second kappa shape index (κ2) is 13.7. The van der Waals surface area contributed by atoms with E-state index in [9.17, 15) is 0 Å². The van der Waals surface area contributed by atoms with Gasteiger partial charge in [-0.15, -0.1) is 39.7 Å². The normalized spacial score (nSPS) is 13.2. The van der Waals surface area contributed by atoms with Crippen LogP contribution in [0.3, 0.4) is 0 Å². The zero-order valence-corrected chi connectivity index (χ0v) is 27.2. The molecule has 0 aliphatic carbocycles. The zero-order valence-electron chi connectivity index (χ0n) is 24.7. The molecule has 1 saturated heterocycles. The average molecular weight is 637 g/mol. The predicted molar refractivity (Wildman–Crippen MR) is 175 cm³/mol. The molecule has 1 aliphatic rings. The predicted octanol–water partition coefficient (Wildman–Crippen LogP) is 9.74. The van der Waals surface area contributed by atoms with Crippen molar-refractivity contribution in [1.29, 1.82) is 0 Å². The van der Waals surface area contributed by atoms with Crippen LogP contribution in [0.2, 0.25) is 0 Å². The van der Waals surface area contributed by atoms with Crippen LogP contribution in [0.4, 0.5) is 11.4 Å². The molecule has 4 heteroatoms. The third-order valence-electron chi connectivity index (χ3n) is 7.31. The maximum Gasteiger partial charge on any atom is 0.0146 e. The van der Waals surface area contributed by atoms with Gasteiger partial charge in [0.05, 0.1) is 0 Å². The maximum atomic E-state index is 5.22. The molecule has 0 bridgehead atoms. The van der Waals surface area contributed by atoms with Crippen LogP contribution >= 0.6 is 9.69 Å². The van der Waals surface area contributed by atoms with Crippen molar-refractivity contribution in [3.05, 3.63) is 119 Å². The van der Waals surface area contributed by atoms with Crippen LogP contribution < -0.4 is 9.80 Å². The molecule has 5 aromatic rings. The number of hydrogen-bond acceptors (Lipinski definition) is 2. The number of aryl methyl sites for hydroxylation is 6. The first kappa shape index (κ1) is 30.1. The van der Waals surface area contributed by atoms with Gasteiger partial charge < -0.3 is 9.80 Å². The number of benzene rings is 4. The second-order valence-corrected chi connectivity index (χ2v) is 12.9. The van der Waals surface area contributed by atoms with Gasteiger partial charge in [-0.2, -0.15) is 6.67 Å². The summed E-state index contributed by atoms with van der Waals surface area (Å²) in [6.07, 6.45) is 0. The SMILES string of the molecule is C[CH]=[Ru][Cl].Cc1cc(C)c(N2[CH-]N(c3c(C)cc(C)cc3C)CC2)c(C)c1.c1ccc2c(c1)[cH-]c1ccccc12. The van der Waals surface area contributed by atoms with E-state index < -0.39 is 0 Å². The first-order valence-electron chi connectivity index (χ1n) is 13.8. The van der Waals surface area contributed by atoms with Crippen LogP contribution in [0.5, 0.6) is 0 Å². The van der Waals surface area contributed by atoms with Crippen molar-refractivity contribution in [2.45, 2.75) is 48.5 Å². The van der Waals surface area contributed by atoms with Crippen LogP contribution in [-0.2, 0) is 15.7 Å². The Morgan fingerprint density at radius 1 is 0.650 bits per heavy atom. The Morgan fingerprint density at radius 2 is 1.00 bits per heavy atom. The number of hydrogen-bond donors (Lipinski definition) is 0. The topological polar surface area (TPSA) is 6.48 Å². The minimum absolute atomic E-state index is 0.0867. The van der Waals surface area contributed by atoms with Gasteiger partial charge in [0, 0.05) is 24.5 Å². The molecule has 0 amide bonds. The third kappa shape index (κ3) is 6.88. The van der Waals surface area contributed by atoms with Gasteiger partial charge in [-0.1, -0.05) is 71.8 Å². The largest absolute Gasteiger partial charge is 0.502 e. The summed E-state index contributed by atoms with van der Waals surface area (Å²) in [5.74, 6) is 0. The van der Waals surface area contributed by atoms with Crippen LogP contribution in [0.25, 0.3) is 21.5 Å². The Bertz CT molecular complexity index is 1470. The van der Waals surface area contributed by atoms with Crippen LogP contribution in [0.1, 0.15) is 40.3 Å². The van der Waals surface area contributed by atoms with Crippen LogP contribution in [0.15, 0.2) is 78.9 Å². The third-order valence-corrected chi connectivity index (χ3v) is 8.60. The van der Waals surface area contributed by atoms with Gasteiger partial charge in [-0.3, -0.25) is 0 Å². The summed E-state index contributed by atoms with van der Waals surface area (Å²) in [4.78, 5) is 4.81. The molecule has 0 atom stereocenters. The van der Waals surface area contributed by atoms with E-state index in [1.54, 1.807) is 0 Å². The molecule has 6 rings (SSSR count). The van der Waals surface area contributed by atoms with Crippen molar-refractivity contribution in [2.24, 2.45) is 0 Å². The first-order valence-corrected chi connectivity index (χ1v) is 17.0. The monoisotopic (exact) mass is 637 g/mol. The fourth-order valence-electron chi connectivity index (χ4n) is 5.99. The van der Waals surface area contributed by atoms with Crippen LogP contribution in [-0.4, -0.2) is 17.7 Å². The summed E-state index contributed by atoms with van der Waals surface area (Å²) in [6.45, 7) is 19.5. The first-order chi connectivity index (χ1) is 19.2. The molecular formula is C36H40ClN2Ru-2. The van der Waals surface area contributed by atoms with Gasteiger partial charge in [0.1, 0.15) is 0 Å². The molecule has 0 radical (unpaired) electrons. The van der Waals surface area contributed by atoms with Gasteiger partial charge in [-0.25, -0.2) is 0 Å². The van der Waals surface area contributed by atoms with E-state index in [2.05, 4.69) is 137 Å². The molecule has 0 saturated carbocycles. The quantitative estimate of drug-likeness (QED) is 0.141. The number of rotatable bonds is 2. The van der Waals surface area contributed by atoms with Crippen molar-refractivity contribution in [3.63, 3.8) is 0 Å². The van der Waals surface area contributed by atoms with Gasteiger partial charge in [-0.05, 0) is 63.8 Å². The molecular weight excluding hydrogens is 597 g/mol. The van der Waals surface area contributed by atoms with Crippen molar-refractivity contribution in [2.75, 3.05) is 22.9 Å². The van der Waals surface area contributed by atoms with Gasteiger partial charge >= 0.3 is 36.9 Å². The summed E-state index contributed by atoms with van der Waals surface area (Å²) in [7, 11) is 5.22. The summed E-state index contributed by atoms with van der Waals surface area (Å²) < 4.78 is 1.98. The Hall–Kier alpha value is -2.87. The molecule has 0 unspecified atom stereocenters. The van der Waals surface area contributed by atoms with E-state index in [1.165, 1.54) is 66.3 Å². The van der Waals surface area contributed by atoms with Crippen molar-refractivity contribution in [1.82, 2.24) is 0 Å². The molecule has 0 N–H and O–H groups in total. The van der Waals surface area contributed by atoms with E-state index in [0.717, 1.165) is 13.1 Å². The van der Waals surface area contributed by atoms with Crippen LogP contribution in [0, 0.1) is 48.2 Å². The van der Waals surface area contributed by atoms with Crippen molar-refractivity contribution in [3.8, 4) is 0 Å². The number of halogens is 1. The van der Waals surface area contributed by atoms with Crippen molar-refractivity contribution >= 4 is 47.2 Å². The van der Waals surface area contributed by atoms with E-state index in [4.69, 9.17) is 9.69 Å². The molecule has 2 nitrogen and oxygen atoms in total. The summed E-state index contributed by atoms with van der Waals surface area (Å²) in [5.41, 5.74) is 10.8. The van der Waals surface area contributed by atoms with Gasteiger partial charge in [0.25, 0.3) is 0 Å². The fourth-order valence-corrected chi connectivity index (χ4v) is 5.99. The maximum absolute atomic E-state index is 5.22. The smallest absolute Gasteiger partial charge is 0.0146 e. The standard InChI is InChI=1S/C21H27N2.C13H9.C2H4.ClH.Ru/c1-14-9-16(3)20(17(4)10-14)22-7-8-23(13-22)21-18(5)11-15(2)12-19(21)6;1-3-7-12-10(5-1)9-11-6-2-4-8-13(11)12;1-2;;/h9-13H,7-8H2,1-6H3;1-9H;1H,2H3;1H;/q2*-1;;;+1/p-1. The number of anilines is 2. The Labute approximate surface area is 252 Å². The van der Waals surface area contributed by atoms with E-state index >= 15 is 0 Å². The van der Waals surface area contributed by atoms with Gasteiger partial charge in [0.15, 0.2) is 0 Å². The number of nitrogens with zero attached hydrogens (tertiary/aromatic N) is 2. The molecule has 1 heterocycles. The molecule has 211 valence electrons. The molecule has 0 spiro atoms. The molecule has 5 aromatic carbocycles. The van der Waals surface area contributed by atoms with E-state index in [-0.39, 0.29) is 15.7 Å².